The Balaban J connectivity index is 1.72. The summed E-state index contributed by atoms with van der Waals surface area (Å²) in [5.74, 6) is 2.60. The van der Waals surface area contributed by atoms with Gasteiger partial charge >= 0.3 is 0 Å². The Morgan fingerprint density at radius 2 is 2.00 bits per heavy atom. The van der Waals surface area contributed by atoms with Crippen molar-refractivity contribution in [2.75, 3.05) is 6.54 Å². The molecule has 0 bridgehead atoms. The minimum atomic E-state index is 0.729. The fourth-order valence-electron chi connectivity index (χ4n) is 4.00. The van der Waals surface area contributed by atoms with Crippen LogP contribution in [0.4, 0.5) is 0 Å². The molecule has 0 aromatic rings. The SMILES string of the molecule is CC1=CC(C)CC(CNC(C)C2CCCCC2)C1. The van der Waals surface area contributed by atoms with E-state index in [0.717, 1.165) is 23.8 Å². The molecule has 3 unspecified atom stereocenters. The predicted molar refractivity (Wildman–Crippen MR) is 79.7 cm³/mol. The third-order valence-corrected chi connectivity index (χ3v) is 4.97. The highest BCUT2D eigenvalue weighted by molar-refractivity contribution is 5.06. The second-order valence-corrected chi connectivity index (χ2v) is 6.89. The van der Waals surface area contributed by atoms with E-state index in [-0.39, 0.29) is 0 Å². The van der Waals surface area contributed by atoms with Crippen LogP contribution in [0, 0.1) is 17.8 Å². The first-order valence-corrected chi connectivity index (χ1v) is 8.06. The van der Waals surface area contributed by atoms with Gasteiger partial charge in [-0.05, 0) is 63.8 Å². The van der Waals surface area contributed by atoms with Gasteiger partial charge in [0.15, 0.2) is 0 Å². The first-order chi connectivity index (χ1) is 8.65. The Labute approximate surface area is 113 Å². The third-order valence-electron chi connectivity index (χ3n) is 4.97. The van der Waals surface area contributed by atoms with Gasteiger partial charge in [0.25, 0.3) is 0 Å². The van der Waals surface area contributed by atoms with Gasteiger partial charge in [-0.3, -0.25) is 0 Å². The average Bonchev–Trinajstić information content (AvgIpc) is 2.36. The second-order valence-electron chi connectivity index (χ2n) is 6.89. The summed E-state index contributed by atoms with van der Waals surface area (Å²) < 4.78 is 0. The van der Waals surface area contributed by atoms with Crippen LogP contribution in [-0.2, 0) is 0 Å². The van der Waals surface area contributed by atoms with Crippen LogP contribution < -0.4 is 5.32 Å². The number of hydrogen-bond acceptors (Lipinski definition) is 1. The summed E-state index contributed by atoms with van der Waals surface area (Å²) in [5, 5.41) is 3.84. The smallest absolute Gasteiger partial charge is 0.00671 e. The van der Waals surface area contributed by atoms with Crippen molar-refractivity contribution in [3.8, 4) is 0 Å². The maximum atomic E-state index is 3.84. The molecule has 2 aliphatic carbocycles. The molecule has 0 radical (unpaired) electrons. The monoisotopic (exact) mass is 249 g/mol. The number of allylic oxidation sites excluding steroid dienone is 2. The summed E-state index contributed by atoms with van der Waals surface area (Å²) in [6.45, 7) is 8.30. The van der Waals surface area contributed by atoms with Crippen molar-refractivity contribution in [2.24, 2.45) is 17.8 Å². The standard InChI is InChI=1S/C17H31N/c1-13-9-14(2)11-16(10-13)12-18-15(3)17-7-5-4-6-8-17/h9,13,15-18H,4-8,10-12H2,1-3H3. The Kier molecular flexibility index (Phi) is 5.29. The zero-order chi connectivity index (χ0) is 13.0. The fourth-order valence-corrected chi connectivity index (χ4v) is 4.00. The summed E-state index contributed by atoms with van der Waals surface area (Å²) in [6.07, 6.45) is 12.4. The Hall–Kier alpha value is -0.300. The van der Waals surface area contributed by atoms with Gasteiger partial charge in [0.2, 0.25) is 0 Å². The van der Waals surface area contributed by atoms with E-state index in [2.05, 4.69) is 32.2 Å². The largest absolute Gasteiger partial charge is 0.314 e. The minimum absolute atomic E-state index is 0.729. The zero-order valence-corrected chi connectivity index (χ0v) is 12.5. The molecule has 1 heteroatoms. The van der Waals surface area contributed by atoms with E-state index in [0.29, 0.717) is 0 Å². The van der Waals surface area contributed by atoms with E-state index >= 15 is 0 Å². The number of hydrogen-bond donors (Lipinski definition) is 1. The van der Waals surface area contributed by atoms with Crippen LogP contribution in [0.25, 0.3) is 0 Å². The van der Waals surface area contributed by atoms with Crippen LogP contribution >= 0.6 is 0 Å². The van der Waals surface area contributed by atoms with Gasteiger partial charge in [0.1, 0.15) is 0 Å². The van der Waals surface area contributed by atoms with Crippen molar-refractivity contribution in [1.82, 2.24) is 5.32 Å². The lowest BCUT2D eigenvalue weighted by Gasteiger charge is -2.31. The summed E-state index contributed by atoms with van der Waals surface area (Å²) in [7, 11) is 0. The van der Waals surface area contributed by atoms with Crippen LogP contribution in [-0.4, -0.2) is 12.6 Å². The summed E-state index contributed by atoms with van der Waals surface area (Å²) in [5.41, 5.74) is 1.60. The highest BCUT2D eigenvalue weighted by Gasteiger charge is 2.22. The fraction of sp³-hybridized carbons (Fsp3) is 0.882. The lowest BCUT2D eigenvalue weighted by molar-refractivity contribution is 0.263. The van der Waals surface area contributed by atoms with Gasteiger partial charge in [-0.25, -0.2) is 0 Å². The Morgan fingerprint density at radius 3 is 2.67 bits per heavy atom. The van der Waals surface area contributed by atoms with Gasteiger partial charge in [-0.2, -0.15) is 0 Å². The van der Waals surface area contributed by atoms with Gasteiger partial charge in [0, 0.05) is 6.04 Å². The predicted octanol–water partition coefficient (Wildman–Crippen LogP) is 4.54. The van der Waals surface area contributed by atoms with Crippen LogP contribution in [0.15, 0.2) is 11.6 Å². The maximum Gasteiger partial charge on any atom is 0.00671 e. The lowest BCUT2D eigenvalue weighted by Crippen LogP contribution is -2.38. The van der Waals surface area contributed by atoms with Crippen molar-refractivity contribution >= 4 is 0 Å². The van der Waals surface area contributed by atoms with Crippen LogP contribution in [0.5, 0.6) is 0 Å². The third kappa shape index (κ3) is 4.12. The summed E-state index contributed by atoms with van der Waals surface area (Å²) >= 11 is 0. The first-order valence-electron chi connectivity index (χ1n) is 8.06. The highest BCUT2D eigenvalue weighted by atomic mass is 14.9. The van der Waals surface area contributed by atoms with Crippen LogP contribution in [0.2, 0.25) is 0 Å². The first kappa shape index (κ1) is 14.1. The van der Waals surface area contributed by atoms with Gasteiger partial charge in [0.05, 0.1) is 0 Å². The van der Waals surface area contributed by atoms with E-state index in [1.165, 1.54) is 51.5 Å². The molecule has 2 rings (SSSR count). The average molecular weight is 249 g/mol. The molecule has 0 aromatic carbocycles. The van der Waals surface area contributed by atoms with Crippen molar-refractivity contribution in [3.63, 3.8) is 0 Å². The Morgan fingerprint density at radius 1 is 1.28 bits per heavy atom. The quantitative estimate of drug-likeness (QED) is 0.721. The van der Waals surface area contributed by atoms with E-state index < -0.39 is 0 Å². The molecular weight excluding hydrogens is 218 g/mol. The molecule has 1 saturated carbocycles. The second kappa shape index (κ2) is 6.75. The van der Waals surface area contributed by atoms with Gasteiger partial charge in [-0.15, -0.1) is 0 Å². The van der Waals surface area contributed by atoms with Crippen LogP contribution in [0.1, 0.15) is 65.7 Å². The molecule has 0 aromatic heterocycles. The van der Waals surface area contributed by atoms with E-state index in [1.54, 1.807) is 5.57 Å². The molecule has 0 saturated heterocycles. The van der Waals surface area contributed by atoms with Gasteiger partial charge < -0.3 is 5.32 Å². The molecule has 0 aliphatic heterocycles. The molecule has 0 amide bonds. The van der Waals surface area contributed by atoms with Crippen LogP contribution in [0.3, 0.4) is 0 Å². The molecule has 2 aliphatic rings. The van der Waals surface area contributed by atoms with E-state index in [9.17, 15) is 0 Å². The maximum absolute atomic E-state index is 3.84. The van der Waals surface area contributed by atoms with E-state index in [4.69, 9.17) is 0 Å². The molecule has 1 nitrogen and oxygen atoms in total. The van der Waals surface area contributed by atoms with Crippen molar-refractivity contribution in [3.05, 3.63) is 11.6 Å². The molecule has 0 heterocycles. The highest BCUT2D eigenvalue weighted by Crippen LogP contribution is 2.29. The molecular formula is C17H31N. The zero-order valence-electron chi connectivity index (χ0n) is 12.5. The van der Waals surface area contributed by atoms with Gasteiger partial charge in [-0.1, -0.05) is 37.8 Å². The molecule has 1 fully saturated rings. The normalized spacial score (nSPS) is 32.1. The minimum Gasteiger partial charge on any atom is -0.314 e. The topological polar surface area (TPSA) is 12.0 Å². The molecule has 18 heavy (non-hydrogen) atoms. The van der Waals surface area contributed by atoms with Crippen molar-refractivity contribution in [2.45, 2.75) is 71.8 Å². The molecule has 3 atom stereocenters. The lowest BCUT2D eigenvalue weighted by atomic mass is 9.82. The van der Waals surface area contributed by atoms with Crippen molar-refractivity contribution < 1.29 is 0 Å². The van der Waals surface area contributed by atoms with Crippen molar-refractivity contribution in [1.29, 1.82) is 0 Å². The molecule has 104 valence electrons. The summed E-state index contributed by atoms with van der Waals surface area (Å²) in [4.78, 5) is 0. The van der Waals surface area contributed by atoms with E-state index in [1.807, 2.05) is 0 Å². The number of nitrogens with one attached hydrogen (secondary N) is 1. The number of rotatable bonds is 4. The molecule has 0 spiro atoms. The molecule has 1 N–H and O–H groups in total. The summed E-state index contributed by atoms with van der Waals surface area (Å²) in [6, 6.07) is 0.729. The Bertz CT molecular complexity index is 275.